The first-order valence-electron chi connectivity index (χ1n) is 5.34. The Morgan fingerprint density at radius 3 is 1.20 bits per heavy atom. The second-order valence-corrected chi connectivity index (χ2v) is 3.12. The van der Waals surface area contributed by atoms with Crippen LogP contribution in [0.1, 0.15) is 26.7 Å². The minimum atomic E-state index is -0.583. The smallest absolute Gasteiger partial charge is 0.668 e. The molecule has 0 aromatic rings. The fourth-order valence-corrected chi connectivity index (χ4v) is 0.680. The molecule has 0 aromatic heterocycles. The summed E-state index contributed by atoms with van der Waals surface area (Å²) in [7, 11) is 0. The van der Waals surface area contributed by atoms with E-state index in [2.05, 4.69) is 24.3 Å². The molecule has 0 radical (unpaired) electrons. The van der Waals surface area contributed by atoms with E-state index in [0.29, 0.717) is 0 Å². The first-order valence-corrected chi connectivity index (χ1v) is 5.34. The number of carbonyl (C=O) groups is 2. The Labute approximate surface area is 146 Å². The molecule has 0 heterocycles. The topological polar surface area (TPSA) is 81.7 Å². The molecule has 2 aliphatic carbocycles. The number of halogens is 1. The predicted octanol–water partition coefficient (Wildman–Crippen LogP) is 4.20. The van der Waals surface area contributed by atoms with Gasteiger partial charge in [-0.25, -0.2) is 24.3 Å². The summed E-state index contributed by atoms with van der Waals surface area (Å²) in [5.74, 6) is -1.17. The standard InChI is InChI=1S/2C5H5.2C2H5NO.ClH.Zr/c2*1-2-4-5-3-1;2*1-2(3)4;;/h2*1-3H,4H2;2*1H3,(H2,3,4);1H;/q2*-1;;;;+4/p-2. The molecule has 108 valence electrons. The second-order valence-electron chi connectivity index (χ2n) is 3.12. The van der Waals surface area contributed by atoms with Crippen LogP contribution in [0.4, 0.5) is 0 Å². The zero-order valence-electron chi connectivity index (χ0n) is 11.6. The molecular weight excluding hydrogens is 355 g/mol. The van der Waals surface area contributed by atoms with E-state index in [0.717, 1.165) is 12.8 Å². The molecule has 2 rings (SSSR count). The SMILES string of the molecule is CC([NH-])=O.CC([NH-])=O.Cl.[C-]1=CC=CC1.[C-]1=CC=CC1.[Zr+4]. The monoisotopic (exact) mass is 372 g/mol. The maximum absolute atomic E-state index is 9.11. The largest absolute Gasteiger partial charge is 4.00 e. The van der Waals surface area contributed by atoms with Gasteiger partial charge in [0, 0.05) is 11.8 Å². The second kappa shape index (κ2) is 23.2. The molecule has 2 aliphatic rings. The van der Waals surface area contributed by atoms with Gasteiger partial charge < -0.3 is 21.1 Å². The van der Waals surface area contributed by atoms with Crippen molar-refractivity contribution < 1.29 is 35.8 Å². The van der Waals surface area contributed by atoms with Crippen LogP contribution in [0.2, 0.25) is 0 Å². The summed E-state index contributed by atoms with van der Waals surface area (Å²) in [6.45, 7) is 2.39. The van der Waals surface area contributed by atoms with Crippen LogP contribution < -0.4 is 0 Å². The summed E-state index contributed by atoms with van der Waals surface area (Å²) < 4.78 is 0. The average molecular weight is 374 g/mol. The molecule has 0 unspecified atom stereocenters. The third-order valence-corrected chi connectivity index (χ3v) is 1.17. The van der Waals surface area contributed by atoms with Gasteiger partial charge in [0.05, 0.1) is 0 Å². The van der Waals surface area contributed by atoms with E-state index in [1.54, 1.807) is 0 Å². The summed E-state index contributed by atoms with van der Waals surface area (Å²) in [6.07, 6.45) is 20.0. The summed E-state index contributed by atoms with van der Waals surface area (Å²) in [5.41, 5.74) is 11.9. The molecular formula is C14H19ClN2O2Zr. The maximum Gasteiger partial charge on any atom is 4.00 e. The summed E-state index contributed by atoms with van der Waals surface area (Å²) in [5, 5.41) is 0. The minimum Gasteiger partial charge on any atom is -0.668 e. The Morgan fingerprint density at radius 2 is 1.15 bits per heavy atom. The first kappa shape index (κ1) is 27.4. The number of amides is 2. The van der Waals surface area contributed by atoms with Gasteiger partial charge in [-0.1, -0.05) is 0 Å². The molecule has 20 heavy (non-hydrogen) atoms. The van der Waals surface area contributed by atoms with Crippen LogP contribution in [-0.2, 0) is 35.8 Å². The number of carbonyl (C=O) groups excluding carboxylic acids is 2. The molecule has 0 bridgehead atoms. The normalized spacial score (nSPS) is 11.3. The fourth-order valence-electron chi connectivity index (χ4n) is 0.680. The van der Waals surface area contributed by atoms with Gasteiger partial charge in [-0.3, -0.25) is 12.2 Å². The number of nitrogens with one attached hydrogen (secondary N) is 2. The van der Waals surface area contributed by atoms with E-state index in [1.807, 2.05) is 24.3 Å². The fraction of sp³-hybridized carbons (Fsp3) is 0.286. The maximum atomic E-state index is 9.11. The molecule has 6 heteroatoms. The Hall–Kier alpha value is -0.927. The van der Waals surface area contributed by atoms with Crippen molar-refractivity contribution in [1.82, 2.24) is 0 Å². The molecule has 0 aliphatic heterocycles. The quantitative estimate of drug-likeness (QED) is 0.596. The van der Waals surface area contributed by atoms with E-state index in [9.17, 15) is 0 Å². The number of allylic oxidation sites excluding steroid dienone is 8. The number of rotatable bonds is 0. The molecule has 0 atom stereocenters. The van der Waals surface area contributed by atoms with Crippen LogP contribution in [-0.4, -0.2) is 11.8 Å². The summed E-state index contributed by atoms with van der Waals surface area (Å²) in [6, 6.07) is 0. The molecule has 4 nitrogen and oxygen atoms in total. The molecule has 2 N–H and O–H groups in total. The van der Waals surface area contributed by atoms with Crippen molar-refractivity contribution in [2.24, 2.45) is 0 Å². The van der Waals surface area contributed by atoms with Crippen molar-refractivity contribution in [2.75, 3.05) is 0 Å². The molecule has 0 saturated heterocycles. The first-order chi connectivity index (χ1) is 8.46. The average Bonchev–Trinajstić information content (AvgIpc) is 2.96. The number of hydrogen-bond acceptors (Lipinski definition) is 2. The van der Waals surface area contributed by atoms with Crippen molar-refractivity contribution >= 4 is 24.2 Å². The molecule has 0 aromatic carbocycles. The van der Waals surface area contributed by atoms with Gasteiger partial charge in [0.1, 0.15) is 0 Å². The van der Waals surface area contributed by atoms with Crippen molar-refractivity contribution in [3.8, 4) is 0 Å². The molecule has 2 amide bonds. The van der Waals surface area contributed by atoms with E-state index in [4.69, 9.17) is 21.1 Å². The van der Waals surface area contributed by atoms with E-state index in [-0.39, 0.29) is 38.6 Å². The molecule has 0 fully saturated rings. The van der Waals surface area contributed by atoms with E-state index >= 15 is 0 Å². The van der Waals surface area contributed by atoms with Gasteiger partial charge >= 0.3 is 26.2 Å². The predicted molar refractivity (Wildman–Crippen MR) is 80.4 cm³/mol. The van der Waals surface area contributed by atoms with Gasteiger partial charge in [-0.15, -0.1) is 25.2 Å². The number of hydrogen-bond donors (Lipinski definition) is 0. The molecule has 0 spiro atoms. The van der Waals surface area contributed by atoms with Crippen LogP contribution in [0.15, 0.2) is 36.5 Å². The Balaban J connectivity index is -0.0000000833. The van der Waals surface area contributed by atoms with Crippen LogP contribution in [0.3, 0.4) is 0 Å². The van der Waals surface area contributed by atoms with Crippen LogP contribution in [0, 0.1) is 12.2 Å². The van der Waals surface area contributed by atoms with Gasteiger partial charge in [0.25, 0.3) is 0 Å². The summed E-state index contributed by atoms with van der Waals surface area (Å²) >= 11 is 0. The van der Waals surface area contributed by atoms with Gasteiger partial charge in [-0.05, 0) is 13.8 Å². The third-order valence-electron chi connectivity index (χ3n) is 1.17. The zero-order chi connectivity index (χ0) is 14.2. The van der Waals surface area contributed by atoms with Crippen molar-refractivity contribution in [1.29, 1.82) is 0 Å². The summed E-state index contributed by atoms with van der Waals surface area (Å²) in [4.78, 5) is 18.2. The van der Waals surface area contributed by atoms with E-state index in [1.165, 1.54) is 13.8 Å². The Morgan fingerprint density at radius 1 is 0.900 bits per heavy atom. The Bertz CT molecular complexity index is 289. The third kappa shape index (κ3) is 53.6. The minimum absolute atomic E-state index is 0. The van der Waals surface area contributed by atoms with Crippen molar-refractivity contribution in [3.63, 3.8) is 0 Å². The zero-order valence-corrected chi connectivity index (χ0v) is 14.9. The van der Waals surface area contributed by atoms with Crippen LogP contribution in [0.25, 0.3) is 11.5 Å². The van der Waals surface area contributed by atoms with Crippen LogP contribution >= 0.6 is 12.4 Å². The van der Waals surface area contributed by atoms with Crippen LogP contribution in [0.5, 0.6) is 0 Å². The van der Waals surface area contributed by atoms with Gasteiger partial charge in [0.15, 0.2) is 0 Å². The van der Waals surface area contributed by atoms with E-state index < -0.39 is 11.8 Å². The van der Waals surface area contributed by atoms with Crippen molar-refractivity contribution in [2.45, 2.75) is 26.7 Å². The van der Waals surface area contributed by atoms with Gasteiger partial charge in [0.2, 0.25) is 0 Å². The van der Waals surface area contributed by atoms with Gasteiger partial charge in [-0.2, -0.15) is 12.2 Å². The molecule has 0 saturated carbocycles. The van der Waals surface area contributed by atoms with Crippen molar-refractivity contribution in [3.05, 3.63) is 60.1 Å². The Kier molecular flexibility index (Phi) is 31.8.